The van der Waals surface area contributed by atoms with Crippen molar-refractivity contribution in [1.29, 1.82) is 0 Å². The molecule has 1 aromatic heterocycles. The maximum atomic E-state index is 11.5. The van der Waals surface area contributed by atoms with Gasteiger partial charge in [-0.05, 0) is 26.2 Å². The fourth-order valence-corrected chi connectivity index (χ4v) is 1.91. The summed E-state index contributed by atoms with van der Waals surface area (Å²) >= 11 is 1.42. The number of hydrogen-bond donors (Lipinski definition) is 2. The topological polar surface area (TPSA) is 80.9 Å². The van der Waals surface area contributed by atoms with Crippen LogP contribution in [-0.4, -0.2) is 22.1 Å². The van der Waals surface area contributed by atoms with Gasteiger partial charge in [0.25, 0.3) is 0 Å². The van der Waals surface area contributed by atoms with E-state index in [1.807, 2.05) is 13.8 Å². The summed E-state index contributed by atoms with van der Waals surface area (Å²) in [6.45, 7) is 3.95. The number of anilines is 1. The molecule has 0 saturated carbocycles. The molecule has 0 aromatic carbocycles. The molecule has 3 N–H and O–H groups in total. The van der Waals surface area contributed by atoms with Gasteiger partial charge in [0.1, 0.15) is 5.01 Å². The molecule has 0 fully saturated rings. The van der Waals surface area contributed by atoms with Gasteiger partial charge >= 0.3 is 0 Å². The SMILES string of the molecule is CCc1nnc(NC(=O)CCCC(C)N)s1. The largest absolute Gasteiger partial charge is 0.328 e. The summed E-state index contributed by atoms with van der Waals surface area (Å²) in [5.41, 5.74) is 5.60. The summed E-state index contributed by atoms with van der Waals surface area (Å²) in [5, 5.41) is 12.1. The van der Waals surface area contributed by atoms with E-state index < -0.39 is 0 Å². The molecule has 1 heterocycles. The van der Waals surface area contributed by atoms with Crippen molar-refractivity contribution >= 4 is 22.4 Å². The molecule has 0 spiro atoms. The van der Waals surface area contributed by atoms with E-state index in [0.29, 0.717) is 11.6 Å². The average molecular weight is 242 g/mol. The van der Waals surface area contributed by atoms with Crippen molar-refractivity contribution in [1.82, 2.24) is 10.2 Å². The Balaban J connectivity index is 2.28. The van der Waals surface area contributed by atoms with Crippen molar-refractivity contribution in [3.8, 4) is 0 Å². The van der Waals surface area contributed by atoms with E-state index in [1.54, 1.807) is 0 Å². The smallest absolute Gasteiger partial charge is 0.226 e. The molecule has 0 bridgehead atoms. The Labute approximate surface area is 99.5 Å². The van der Waals surface area contributed by atoms with E-state index in [9.17, 15) is 4.79 Å². The van der Waals surface area contributed by atoms with Crippen LogP contribution in [0.4, 0.5) is 5.13 Å². The molecule has 6 heteroatoms. The van der Waals surface area contributed by atoms with Crippen molar-refractivity contribution in [2.24, 2.45) is 5.73 Å². The van der Waals surface area contributed by atoms with Gasteiger partial charge in [-0.25, -0.2) is 0 Å². The first-order valence-electron chi connectivity index (χ1n) is 5.49. The first kappa shape index (κ1) is 13.1. The van der Waals surface area contributed by atoms with Gasteiger partial charge in [-0.15, -0.1) is 10.2 Å². The third-order valence-electron chi connectivity index (χ3n) is 2.08. The second kappa shape index (κ2) is 6.55. The fraction of sp³-hybridized carbons (Fsp3) is 0.700. The molecule has 0 aliphatic rings. The molecule has 0 saturated heterocycles. The molecule has 0 aliphatic heterocycles. The number of carbonyl (C=O) groups is 1. The molecule has 1 amide bonds. The molecule has 0 aliphatic carbocycles. The van der Waals surface area contributed by atoms with Crippen LogP contribution in [0.2, 0.25) is 0 Å². The second-order valence-electron chi connectivity index (χ2n) is 3.77. The highest BCUT2D eigenvalue weighted by Crippen LogP contribution is 2.15. The number of aryl methyl sites for hydroxylation is 1. The van der Waals surface area contributed by atoms with Crippen LogP contribution in [0.3, 0.4) is 0 Å². The Bertz CT molecular complexity index is 337. The average Bonchev–Trinajstić information content (AvgIpc) is 2.65. The summed E-state index contributed by atoms with van der Waals surface area (Å²) in [6.07, 6.45) is 3.01. The zero-order chi connectivity index (χ0) is 12.0. The lowest BCUT2D eigenvalue weighted by molar-refractivity contribution is -0.116. The van der Waals surface area contributed by atoms with Crippen molar-refractivity contribution in [3.05, 3.63) is 5.01 Å². The van der Waals surface area contributed by atoms with E-state index in [0.717, 1.165) is 24.3 Å². The number of aromatic nitrogens is 2. The zero-order valence-corrected chi connectivity index (χ0v) is 10.5. The Morgan fingerprint density at radius 1 is 1.56 bits per heavy atom. The molecule has 1 aromatic rings. The highest BCUT2D eigenvalue weighted by atomic mass is 32.1. The third-order valence-corrected chi connectivity index (χ3v) is 3.06. The minimum Gasteiger partial charge on any atom is -0.328 e. The van der Waals surface area contributed by atoms with Crippen LogP contribution in [0, 0.1) is 0 Å². The van der Waals surface area contributed by atoms with Gasteiger partial charge in [0, 0.05) is 12.5 Å². The predicted molar refractivity (Wildman–Crippen MR) is 65.4 cm³/mol. The summed E-state index contributed by atoms with van der Waals surface area (Å²) < 4.78 is 0. The number of nitrogens with two attached hydrogens (primary N) is 1. The van der Waals surface area contributed by atoms with Crippen LogP contribution in [-0.2, 0) is 11.2 Å². The lowest BCUT2D eigenvalue weighted by Crippen LogP contribution is -2.16. The Kier molecular flexibility index (Phi) is 5.34. The van der Waals surface area contributed by atoms with E-state index >= 15 is 0 Å². The van der Waals surface area contributed by atoms with E-state index in [-0.39, 0.29) is 11.9 Å². The molecule has 1 unspecified atom stereocenters. The normalized spacial score (nSPS) is 12.4. The zero-order valence-electron chi connectivity index (χ0n) is 9.69. The minimum atomic E-state index is -0.0144. The summed E-state index contributed by atoms with van der Waals surface area (Å²) in [4.78, 5) is 11.5. The number of nitrogens with one attached hydrogen (secondary N) is 1. The quantitative estimate of drug-likeness (QED) is 0.793. The fourth-order valence-electron chi connectivity index (χ4n) is 1.21. The molecular weight excluding hydrogens is 224 g/mol. The van der Waals surface area contributed by atoms with E-state index in [1.165, 1.54) is 11.3 Å². The monoisotopic (exact) mass is 242 g/mol. The maximum absolute atomic E-state index is 11.5. The molecule has 16 heavy (non-hydrogen) atoms. The predicted octanol–water partition coefficient (Wildman–Crippen LogP) is 1.56. The van der Waals surface area contributed by atoms with Gasteiger partial charge in [0.05, 0.1) is 0 Å². The van der Waals surface area contributed by atoms with Crippen LogP contribution in [0.25, 0.3) is 0 Å². The van der Waals surface area contributed by atoms with Crippen molar-refractivity contribution in [2.75, 3.05) is 5.32 Å². The highest BCUT2D eigenvalue weighted by molar-refractivity contribution is 7.15. The number of nitrogens with zero attached hydrogens (tertiary/aromatic N) is 2. The van der Waals surface area contributed by atoms with Crippen LogP contribution < -0.4 is 11.1 Å². The van der Waals surface area contributed by atoms with Gasteiger partial charge in [-0.1, -0.05) is 18.3 Å². The van der Waals surface area contributed by atoms with Crippen LogP contribution in [0.5, 0.6) is 0 Å². The Hall–Kier alpha value is -1.01. The van der Waals surface area contributed by atoms with E-state index in [2.05, 4.69) is 15.5 Å². The lowest BCUT2D eigenvalue weighted by atomic mass is 10.1. The molecule has 1 atom stereocenters. The van der Waals surface area contributed by atoms with Gasteiger partial charge in [0.2, 0.25) is 11.0 Å². The van der Waals surface area contributed by atoms with Gasteiger partial charge in [-0.3, -0.25) is 4.79 Å². The number of amides is 1. The summed E-state index contributed by atoms with van der Waals surface area (Å²) in [5.74, 6) is -0.0144. The van der Waals surface area contributed by atoms with Crippen molar-refractivity contribution < 1.29 is 4.79 Å². The van der Waals surface area contributed by atoms with Crippen LogP contribution in [0.15, 0.2) is 0 Å². The van der Waals surface area contributed by atoms with Gasteiger partial charge in [0.15, 0.2) is 0 Å². The maximum Gasteiger partial charge on any atom is 0.226 e. The minimum absolute atomic E-state index is 0.0144. The van der Waals surface area contributed by atoms with Crippen molar-refractivity contribution in [3.63, 3.8) is 0 Å². The van der Waals surface area contributed by atoms with Gasteiger partial charge < -0.3 is 11.1 Å². The molecule has 90 valence electrons. The van der Waals surface area contributed by atoms with Crippen LogP contribution >= 0.6 is 11.3 Å². The number of rotatable bonds is 6. The molecule has 1 rings (SSSR count). The Morgan fingerprint density at radius 2 is 2.31 bits per heavy atom. The molecule has 0 radical (unpaired) electrons. The number of carbonyl (C=O) groups excluding carboxylic acids is 1. The Morgan fingerprint density at radius 3 is 2.88 bits per heavy atom. The standard InChI is InChI=1S/C10H18N4OS/c1-3-9-13-14-10(16-9)12-8(15)6-4-5-7(2)11/h7H,3-6,11H2,1-2H3,(H,12,14,15). The first-order chi connectivity index (χ1) is 7.61. The van der Waals surface area contributed by atoms with Gasteiger partial charge in [-0.2, -0.15) is 0 Å². The highest BCUT2D eigenvalue weighted by Gasteiger charge is 2.07. The summed E-state index contributed by atoms with van der Waals surface area (Å²) in [6, 6.07) is 0.154. The molecular formula is C10H18N4OS. The lowest BCUT2D eigenvalue weighted by Gasteiger charge is -2.03. The third kappa shape index (κ3) is 4.67. The molecule has 5 nitrogen and oxygen atoms in total. The summed E-state index contributed by atoms with van der Waals surface area (Å²) in [7, 11) is 0. The first-order valence-corrected chi connectivity index (χ1v) is 6.31. The van der Waals surface area contributed by atoms with Crippen molar-refractivity contribution in [2.45, 2.75) is 45.6 Å². The second-order valence-corrected chi connectivity index (χ2v) is 4.83. The van der Waals surface area contributed by atoms with E-state index in [4.69, 9.17) is 5.73 Å². The number of hydrogen-bond acceptors (Lipinski definition) is 5. The van der Waals surface area contributed by atoms with Crippen LogP contribution in [0.1, 0.15) is 38.1 Å².